The van der Waals surface area contributed by atoms with Crippen LogP contribution in [0.15, 0.2) is 52.8 Å². The van der Waals surface area contributed by atoms with Crippen LogP contribution in [-0.2, 0) is 4.79 Å². The van der Waals surface area contributed by atoms with Gasteiger partial charge in [0.1, 0.15) is 5.76 Å². The Bertz CT molecular complexity index is 644. The van der Waals surface area contributed by atoms with Crippen molar-refractivity contribution in [1.82, 2.24) is 5.32 Å². The van der Waals surface area contributed by atoms with Gasteiger partial charge < -0.3 is 19.6 Å². The van der Waals surface area contributed by atoms with Gasteiger partial charge in [-0.25, -0.2) is 0 Å². The van der Waals surface area contributed by atoms with E-state index in [1.54, 1.807) is 12.1 Å². The molecule has 0 aliphatic heterocycles. The summed E-state index contributed by atoms with van der Waals surface area (Å²) in [6.45, 7) is 0. The molecule has 0 aliphatic rings. The zero-order valence-corrected chi connectivity index (χ0v) is 10.9. The van der Waals surface area contributed by atoms with E-state index in [4.69, 9.17) is 16.0 Å². The summed E-state index contributed by atoms with van der Waals surface area (Å²) in [5, 5.41) is 13.7. The lowest BCUT2D eigenvalue weighted by Crippen LogP contribution is -2.35. The summed E-state index contributed by atoms with van der Waals surface area (Å²) in [5.74, 6) is -1.80. The first-order valence-corrected chi connectivity index (χ1v) is 5.97. The number of carboxylic acid groups (broad SMARTS) is 1. The number of carboxylic acids is 1. The van der Waals surface area contributed by atoms with Crippen molar-refractivity contribution in [3.8, 4) is 0 Å². The van der Waals surface area contributed by atoms with E-state index in [1.807, 2.05) is 0 Å². The molecule has 0 spiro atoms. The van der Waals surface area contributed by atoms with E-state index < -0.39 is 11.9 Å². The molecule has 2 rings (SSSR count). The molecule has 0 bridgehead atoms. The SMILES string of the molecule is O=C([O-])/C(=C\c1ccco1)NC(=O)c1ccc(Cl)cc1. The van der Waals surface area contributed by atoms with E-state index in [-0.39, 0.29) is 11.3 Å². The van der Waals surface area contributed by atoms with Gasteiger partial charge in [-0.15, -0.1) is 0 Å². The third-order valence-corrected chi connectivity index (χ3v) is 2.66. The van der Waals surface area contributed by atoms with Gasteiger partial charge in [-0.05, 0) is 36.4 Å². The number of benzene rings is 1. The number of aliphatic carboxylic acids is 1. The van der Waals surface area contributed by atoms with Crippen molar-refractivity contribution in [3.05, 3.63) is 64.7 Å². The summed E-state index contributed by atoms with van der Waals surface area (Å²) in [4.78, 5) is 22.9. The van der Waals surface area contributed by atoms with Crippen LogP contribution in [0.4, 0.5) is 0 Å². The molecule has 1 N–H and O–H groups in total. The third-order valence-electron chi connectivity index (χ3n) is 2.40. The van der Waals surface area contributed by atoms with E-state index in [1.165, 1.54) is 36.6 Å². The predicted octanol–water partition coefficient (Wildman–Crippen LogP) is 1.45. The van der Waals surface area contributed by atoms with Crippen molar-refractivity contribution >= 4 is 29.6 Å². The van der Waals surface area contributed by atoms with Crippen molar-refractivity contribution in [3.63, 3.8) is 0 Å². The van der Waals surface area contributed by atoms with Crippen LogP contribution in [0.2, 0.25) is 5.02 Å². The highest BCUT2D eigenvalue weighted by Gasteiger charge is 2.09. The number of carbonyl (C=O) groups excluding carboxylic acids is 2. The predicted molar refractivity (Wildman–Crippen MR) is 70.6 cm³/mol. The molecule has 0 radical (unpaired) electrons. The van der Waals surface area contributed by atoms with Gasteiger partial charge in [-0.3, -0.25) is 4.79 Å². The van der Waals surface area contributed by atoms with Crippen LogP contribution in [0.3, 0.4) is 0 Å². The van der Waals surface area contributed by atoms with E-state index >= 15 is 0 Å². The number of hydrogen-bond donors (Lipinski definition) is 1. The Morgan fingerprint density at radius 1 is 1.20 bits per heavy atom. The topological polar surface area (TPSA) is 82.4 Å². The lowest BCUT2D eigenvalue weighted by molar-refractivity contribution is -0.299. The number of furan rings is 1. The summed E-state index contributed by atoms with van der Waals surface area (Å²) < 4.78 is 4.98. The number of rotatable bonds is 4. The first kappa shape index (κ1) is 13.9. The van der Waals surface area contributed by atoms with Gasteiger partial charge in [0.05, 0.1) is 17.9 Å². The number of carbonyl (C=O) groups is 2. The van der Waals surface area contributed by atoms with Gasteiger partial charge in [0.2, 0.25) is 0 Å². The molecule has 1 aromatic carbocycles. The first-order chi connectivity index (χ1) is 9.56. The second-order valence-corrected chi connectivity index (χ2v) is 4.26. The van der Waals surface area contributed by atoms with Crippen LogP contribution in [0.25, 0.3) is 6.08 Å². The maximum atomic E-state index is 11.9. The molecule has 102 valence electrons. The maximum Gasteiger partial charge on any atom is 0.255 e. The average molecular weight is 291 g/mol. The molecule has 1 aromatic heterocycles. The highest BCUT2D eigenvalue weighted by Crippen LogP contribution is 2.10. The average Bonchev–Trinajstić information content (AvgIpc) is 2.91. The molecule has 1 amide bonds. The molecule has 1 heterocycles. The lowest BCUT2D eigenvalue weighted by atomic mass is 10.2. The molecule has 0 unspecified atom stereocenters. The minimum Gasteiger partial charge on any atom is -0.543 e. The fourth-order valence-electron chi connectivity index (χ4n) is 1.46. The molecule has 0 atom stereocenters. The van der Waals surface area contributed by atoms with Crippen LogP contribution in [0.5, 0.6) is 0 Å². The van der Waals surface area contributed by atoms with Crippen LogP contribution < -0.4 is 10.4 Å². The van der Waals surface area contributed by atoms with Gasteiger partial charge in [0.15, 0.2) is 0 Å². The van der Waals surface area contributed by atoms with Crippen LogP contribution >= 0.6 is 11.6 Å². The highest BCUT2D eigenvalue weighted by molar-refractivity contribution is 6.30. The second kappa shape index (κ2) is 6.08. The first-order valence-electron chi connectivity index (χ1n) is 5.60. The molecule has 0 saturated heterocycles. The molecular weight excluding hydrogens is 282 g/mol. The molecule has 0 aliphatic carbocycles. The number of amides is 1. The second-order valence-electron chi connectivity index (χ2n) is 3.82. The Morgan fingerprint density at radius 3 is 2.45 bits per heavy atom. The van der Waals surface area contributed by atoms with E-state index in [0.29, 0.717) is 10.8 Å². The minimum atomic E-state index is -1.51. The minimum absolute atomic E-state index is 0.279. The molecule has 5 nitrogen and oxygen atoms in total. The number of halogens is 1. The van der Waals surface area contributed by atoms with Gasteiger partial charge in [-0.1, -0.05) is 11.6 Å². The summed E-state index contributed by atoms with van der Waals surface area (Å²) in [6, 6.07) is 9.18. The quantitative estimate of drug-likeness (QED) is 0.864. The number of nitrogens with one attached hydrogen (secondary N) is 1. The summed E-state index contributed by atoms with van der Waals surface area (Å²) in [6.07, 6.45) is 2.56. The smallest absolute Gasteiger partial charge is 0.255 e. The maximum absolute atomic E-state index is 11.9. The van der Waals surface area contributed by atoms with Crippen LogP contribution in [-0.4, -0.2) is 11.9 Å². The summed E-state index contributed by atoms with van der Waals surface area (Å²) in [7, 11) is 0. The molecule has 2 aromatic rings. The monoisotopic (exact) mass is 290 g/mol. The van der Waals surface area contributed by atoms with Crippen molar-refractivity contribution in [2.75, 3.05) is 0 Å². The third kappa shape index (κ3) is 3.49. The zero-order chi connectivity index (χ0) is 14.5. The van der Waals surface area contributed by atoms with E-state index in [2.05, 4.69) is 5.32 Å². The van der Waals surface area contributed by atoms with Crippen molar-refractivity contribution in [1.29, 1.82) is 0 Å². The van der Waals surface area contributed by atoms with Crippen LogP contribution in [0.1, 0.15) is 16.1 Å². The van der Waals surface area contributed by atoms with E-state index in [0.717, 1.165) is 0 Å². The van der Waals surface area contributed by atoms with Crippen molar-refractivity contribution in [2.45, 2.75) is 0 Å². The Morgan fingerprint density at radius 2 is 1.90 bits per heavy atom. The molecule has 6 heteroatoms. The van der Waals surface area contributed by atoms with Crippen molar-refractivity contribution in [2.24, 2.45) is 0 Å². The van der Waals surface area contributed by atoms with Gasteiger partial charge in [0.25, 0.3) is 5.91 Å². The Labute approximate surface area is 119 Å². The standard InChI is InChI=1S/C14H10ClNO4/c15-10-5-3-9(4-6-10)13(17)16-12(14(18)19)8-11-2-1-7-20-11/h1-8H,(H,16,17)(H,18,19)/p-1/b12-8+. The Balaban J connectivity index is 2.18. The zero-order valence-electron chi connectivity index (χ0n) is 10.1. The fraction of sp³-hybridized carbons (Fsp3) is 0. The lowest BCUT2D eigenvalue weighted by Gasteiger charge is -2.10. The molecule has 0 saturated carbocycles. The molecule has 0 fully saturated rings. The molecular formula is C14H9ClNO4-. The summed E-state index contributed by atoms with van der Waals surface area (Å²) in [5.41, 5.74) is -0.110. The number of hydrogen-bond acceptors (Lipinski definition) is 4. The van der Waals surface area contributed by atoms with E-state index in [9.17, 15) is 14.7 Å². The highest BCUT2D eigenvalue weighted by atomic mass is 35.5. The van der Waals surface area contributed by atoms with Gasteiger partial charge in [0, 0.05) is 16.7 Å². The Kier molecular flexibility index (Phi) is 4.22. The Hall–Kier alpha value is -2.53. The largest absolute Gasteiger partial charge is 0.543 e. The summed E-state index contributed by atoms with van der Waals surface area (Å²) >= 11 is 5.71. The van der Waals surface area contributed by atoms with Crippen LogP contribution in [0, 0.1) is 0 Å². The van der Waals surface area contributed by atoms with Gasteiger partial charge >= 0.3 is 0 Å². The normalized spacial score (nSPS) is 11.2. The van der Waals surface area contributed by atoms with Gasteiger partial charge in [-0.2, -0.15) is 0 Å². The fourth-order valence-corrected chi connectivity index (χ4v) is 1.58. The molecule has 20 heavy (non-hydrogen) atoms. The van der Waals surface area contributed by atoms with Crippen molar-refractivity contribution < 1.29 is 19.1 Å².